The van der Waals surface area contributed by atoms with E-state index in [-0.39, 0.29) is 12.4 Å². The van der Waals surface area contributed by atoms with Crippen LogP contribution < -0.4 is 0 Å². The molecular formula is C17H24O3. The topological polar surface area (TPSA) is 46.5 Å². The van der Waals surface area contributed by atoms with E-state index in [0.717, 1.165) is 36.8 Å². The van der Waals surface area contributed by atoms with Crippen molar-refractivity contribution in [2.75, 3.05) is 7.11 Å². The molecule has 110 valence electrons. The molecule has 0 amide bonds. The molecule has 0 aromatic heterocycles. The van der Waals surface area contributed by atoms with Crippen molar-refractivity contribution >= 4 is 12.0 Å². The first-order valence-corrected chi connectivity index (χ1v) is 7.18. The molecule has 1 aromatic carbocycles. The Labute approximate surface area is 121 Å². The van der Waals surface area contributed by atoms with Crippen LogP contribution in [0.1, 0.15) is 43.7 Å². The molecule has 20 heavy (non-hydrogen) atoms. The molecule has 1 rings (SSSR count). The van der Waals surface area contributed by atoms with Gasteiger partial charge in [0.05, 0.1) is 19.6 Å². The fourth-order valence-corrected chi connectivity index (χ4v) is 2.00. The van der Waals surface area contributed by atoms with Gasteiger partial charge in [0.2, 0.25) is 0 Å². The third-order valence-electron chi connectivity index (χ3n) is 3.22. The number of methoxy groups -OCH3 is 1. The highest BCUT2D eigenvalue weighted by Gasteiger charge is 2.06. The van der Waals surface area contributed by atoms with Gasteiger partial charge in [-0.05, 0) is 17.5 Å². The van der Waals surface area contributed by atoms with Crippen molar-refractivity contribution in [3.05, 3.63) is 41.5 Å². The maximum atomic E-state index is 11.4. The zero-order valence-electron chi connectivity index (χ0n) is 12.3. The van der Waals surface area contributed by atoms with E-state index in [1.54, 1.807) is 6.08 Å². The predicted octanol–water partition coefficient (Wildman–Crippen LogP) is 3.36. The lowest BCUT2D eigenvalue weighted by molar-refractivity contribution is -0.139. The van der Waals surface area contributed by atoms with Crippen molar-refractivity contribution in [3.63, 3.8) is 0 Å². The summed E-state index contributed by atoms with van der Waals surface area (Å²) in [5.74, 6) is -0.255. The smallest absolute Gasteiger partial charge is 0.309 e. The van der Waals surface area contributed by atoms with Gasteiger partial charge in [-0.25, -0.2) is 0 Å². The molecule has 3 heteroatoms. The third kappa shape index (κ3) is 6.02. The molecule has 0 spiro atoms. The van der Waals surface area contributed by atoms with E-state index in [4.69, 9.17) is 0 Å². The predicted molar refractivity (Wildman–Crippen MR) is 81.3 cm³/mol. The maximum absolute atomic E-state index is 11.4. The fraction of sp³-hybridized carbons (Fsp3) is 0.471. The lowest BCUT2D eigenvalue weighted by Crippen LogP contribution is -2.06. The summed E-state index contributed by atoms with van der Waals surface area (Å²) in [6.45, 7) is 2.14. The van der Waals surface area contributed by atoms with Crippen molar-refractivity contribution < 1.29 is 14.6 Å². The monoisotopic (exact) mass is 276 g/mol. The molecule has 1 N–H and O–H groups in total. The van der Waals surface area contributed by atoms with Crippen LogP contribution in [0.3, 0.4) is 0 Å². The lowest BCUT2D eigenvalue weighted by atomic mass is 10.0. The van der Waals surface area contributed by atoms with Crippen LogP contribution in [0.4, 0.5) is 0 Å². The van der Waals surface area contributed by atoms with E-state index in [1.165, 1.54) is 7.11 Å². The molecule has 0 fully saturated rings. The Morgan fingerprint density at radius 1 is 1.35 bits per heavy atom. The number of benzene rings is 1. The number of carbonyl (C=O) groups is 1. The summed E-state index contributed by atoms with van der Waals surface area (Å²) in [6.07, 6.45) is 7.62. The third-order valence-corrected chi connectivity index (χ3v) is 3.22. The second kappa shape index (κ2) is 9.32. The van der Waals surface area contributed by atoms with Gasteiger partial charge in [0.15, 0.2) is 0 Å². The van der Waals surface area contributed by atoms with E-state index in [2.05, 4.69) is 11.7 Å². The molecule has 0 saturated carbocycles. The summed E-state index contributed by atoms with van der Waals surface area (Å²) in [4.78, 5) is 11.4. The van der Waals surface area contributed by atoms with Crippen LogP contribution in [-0.4, -0.2) is 24.3 Å². The standard InChI is InChI=1S/C17H24O3/c1-3-4-5-10-16(18)12-11-14-8-6-7-9-15(14)13-17(19)20-2/h6-9,11-12,16,18H,3-5,10,13H2,1-2H3/b12-11+. The minimum Gasteiger partial charge on any atom is -0.469 e. The summed E-state index contributed by atoms with van der Waals surface area (Å²) in [7, 11) is 1.39. The Bertz CT molecular complexity index is 438. The van der Waals surface area contributed by atoms with Gasteiger partial charge < -0.3 is 9.84 Å². The molecule has 0 aliphatic heterocycles. The highest BCUT2D eigenvalue weighted by atomic mass is 16.5. The van der Waals surface area contributed by atoms with Gasteiger partial charge in [0.25, 0.3) is 0 Å². The second-order valence-electron chi connectivity index (χ2n) is 4.87. The number of hydrogen-bond acceptors (Lipinski definition) is 3. The van der Waals surface area contributed by atoms with E-state index < -0.39 is 6.10 Å². The summed E-state index contributed by atoms with van der Waals surface area (Å²) in [6, 6.07) is 7.66. The van der Waals surface area contributed by atoms with Gasteiger partial charge in [-0.2, -0.15) is 0 Å². The number of carbonyl (C=O) groups excluding carboxylic acids is 1. The zero-order chi connectivity index (χ0) is 14.8. The average Bonchev–Trinajstić information content (AvgIpc) is 2.46. The Morgan fingerprint density at radius 2 is 2.10 bits per heavy atom. The van der Waals surface area contributed by atoms with Crippen LogP contribution in [0.25, 0.3) is 6.08 Å². The maximum Gasteiger partial charge on any atom is 0.309 e. The molecule has 0 aliphatic carbocycles. The van der Waals surface area contributed by atoms with Crippen LogP contribution in [0.2, 0.25) is 0 Å². The van der Waals surface area contributed by atoms with Crippen LogP contribution >= 0.6 is 0 Å². The molecule has 1 aromatic rings. The fourth-order valence-electron chi connectivity index (χ4n) is 2.00. The lowest BCUT2D eigenvalue weighted by Gasteiger charge is -2.07. The number of aliphatic hydroxyl groups excluding tert-OH is 1. The highest BCUT2D eigenvalue weighted by molar-refractivity contribution is 5.74. The quantitative estimate of drug-likeness (QED) is 0.585. The van der Waals surface area contributed by atoms with Crippen molar-refractivity contribution in [3.8, 4) is 0 Å². The first-order valence-electron chi connectivity index (χ1n) is 7.18. The Morgan fingerprint density at radius 3 is 2.80 bits per heavy atom. The van der Waals surface area contributed by atoms with Crippen LogP contribution in [0.5, 0.6) is 0 Å². The van der Waals surface area contributed by atoms with E-state index in [9.17, 15) is 9.90 Å². The van der Waals surface area contributed by atoms with Crippen LogP contribution in [0, 0.1) is 0 Å². The van der Waals surface area contributed by atoms with Crippen molar-refractivity contribution in [2.24, 2.45) is 0 Å². The summed E-state index contributed by atoms with van der Waals surface area (Å²) >= 11 is 0. The molecule has 1 unspecified atom stereocenters. The van der Waals surface area contributed by atoms with Gasteiger partial charge in [0.1, 0.15) is 0 Å². The minimum absolute atomic E-state index is 0.253. The molecule has 1 atom stereocenters. The van der Waals surface area contributed by atoms with Crippen LogP contribution in [0.15, 0.2) is 30.3 Å². The van der Waals surface area contributed by atoms with E-state index in [1.807, 2.05) is 30.3 Å². The molecule has 0 saturated heterocycles. The van der Waals surface area contributed by atoms with Gasteiger partial charge in [-0.15, -0.1) is 0 Å². The Hall–Kier alpha value is -1.61. The highest BCUT2D eigenvalue weighted by Crippen LogP contribution is 2.13. The molecular weight excluding hydrogens is 252 g/mol. The number of hydrogen-bond donors (Lipinski definition) is 1. The summed E-state index contributed by atoms with van der Waals surface area (Å²) < 4.78 is 4.69. The minimum atomic E-state index is -0.423. The normalized spacial score (nSPS) is 12.6. The number of ether oxygens (including phenoxy) is 1. The summed E-state index contributed by atoms with van der Waals surface area (Å²) in [5.41, 5.74) is 1.86. The van der Waals surface area contributed by atoms with Crippen LogP contribution in [-0.2, 0) is 16.0 Å². The largest absolute Gasteiger partial charge is 0.469 e. The van der Waals surface area contributed by atoms with Crippen molar-refractivity contribution in [1.82, 2.24) is 0 Å². The Balaban J connectivity index is 2.64. The Kier molecular flexibility index (Phi) is 7.66. The van der Waals surface area contributed by atoms with Gasteiger partial charge in [-0.3, -0.25) is 4.79 Å². The number of rotatable bonds is 8. The molecule has 0 heterocycles. The van der Waals surface area contributed by atoms with Gasteiger partial charge in [-0.1, -0.05) is 62.6 Å². The second-order valence-corrected chi connectivity index (χ2v) is 4.87. The first kappa shape index (κ1) is 16.4. The van der Waals surface area contributed by atoms with Crippen molar-refractivity contribution in [1.29, 1.82) is 0 Å². The molecule has 0 bridgehead atoms. The first-order chi connectivity index (χ1) is 9.67. The molecule has 0 aliphatic rings. The number of unbranched alkanes of at least 4 members (excludes halogenated alkanes) is 2. The SMILES string of the molecule is CCCCCC(O)/C=C/c1ccccc1CC(=O)OC. The average molecular weight is 276 g/mol. The van der Waals surface area contributed by atoms with Gasteiger partial charge >= 0.3 is 5.97 Å². The van der Waals surface area contributed by atoms with E-state index >= 15 is 0 Å². The molecule has 0 radical (unpaired) electrons. The zero-order valence-corrected chi connectivity index (χ0v) is 12.3. The number of esters is 1. The van der Waals surface area contributed by atoms with E-state index in [0.29, 0.717) is 0 Å². The van der Waals surface area contributed by atoms with Crippen molar-refractivity contribution in [2.45, 2.75) is 45.1 Å². The molecule has 3 nitrogen and oxygen atoms in total. The van der Waals surface area contributed by atoms with Gasteiger partial charge in [0, 0.05) is 0 Å². The summed E-state index contributed by atoms with van der Waals surface area (Å²) in [5, 5.41) is 9.88. The number of aliphatic hydroxyl groups is 1.